The second-order valence-corrected chi connectivity index (χ2v) is 5.18. The molecule has 94 valence electrons. The highest BCUT2D eigenvalue weighted by Crippen LogP contribution is 2.38. The predicted octanol–water partition coefficient (Wildman–Crippen LogP) is 1.43. The molecule has 1 aliphatic carbocycles. The first-order valence-electron chi connectivity index (χ1n) is 6.74. The summed E-state index contributed by atoms with van der Waals surface area (Å²) in [7, 11) is 0. The fraction of sp³-hybridized carbons (Fsp3) is 0.769. The first-order valence-corrected chi connectivity index (χ1v) is 6.74. The highest BCUT2D eigenvalue weighted by atomic mass is 16.5. The predicted molar refractivity (Wildman–Crippen MR) is 65.7 cm³/mol. The molecule has 1 N–H and O–H groups in total. The molecule has 2 unspecified atom stereocenters. The maximum atomic E-state index is 5.81. The number of ether oxygens (including phenoxy) is 1. The van der Waals surface area contributed by atoms with Crippen LogP contribution < -0.4 is 5.32 Å². The summed E-state index contributed by atoms with van der Waals surface area (Å²) in [6.07, 6.45) is 11.3. The van der Waals surface area contributed by atoms with Gasteiger partial charge in [0.1, 0.15) is 0 Å². The lowest BCUT2D eigenvalue weighted by molar-refractivity contribution is 0.0811. The number of rotatable bonds is 6. The van der Waals surface area contributed by atoms with Gasteiger partial charge < -0.3 is 14.6 Å². The molecule has 17 heavy (non-hydrogen) atoms. The van der Waals surface area contributed by atoms with Gasteiger partial charge in [0.2, 0.25) is 0 Å². The normalized spacial score (nSPS) is 28.7. The molecule has 0 radical (unpaired) electrons. The van der Waals surface area contributed by atoms with E-state index in [-0.39, 0.29) is 0 Å². The minimum atomic E-state index is 0.503. The van der Waals surface area contributed by atoms with E-state index in [1.54, 1.807) is 0 Å². The van der Waals surface area contributed by atoms with Gasteiger partial charge in [-0.1, -0.05) is 0 Å². The zero-order valence-corrected chi connectivity index (χ0v) is 10.2. The van der Waals surface area contributed by atoms with Crippen LogP contribution in [0.3, 0.4) is 0 Å². The van der Waals surface area contributed by atoms with E-state index in [4.69, 9.17) is 4.74 Å². The smallest absolute Gasteiger partial charge is 0.0945 e. The Kier molecular flexibility index (Phi) is 3.43. The molecular formula is C13H21N3O. The van der Waals surface area contributed by atoms with E-state index in [1.807, 2.05) is 18.7 Å². The molecule has 4 nitrogen and oxygen atoms in total. The Bertz CT molecular complexity index is 334. The maximum Gasteiger partial charge on any atom is 0.0945 e. The number of nitrogens with one attached hydrogen (secondary N) is 1. The van der Waals surface area contributed by atoms with Crippen molar-refractivity contribution in [1.29, 1.82) is 0 Å². The molecule has 1 aliphatic heterocycles. The molecule has 0 spiro atoms. The Morgan fingerprint density at radius 2 is 2.29 bits per heavy atom. The van der Waals surface area contributed by atoms with Gasteiger partial charge in [-0.25, -0.2) is 4.98 Å². The molecule has 1 aromatic rings. The molecule has 0 bridgehead atoms. The fourth-order valence-electron chi connectivity index (χ4n) is 2.69. The van der Waals surface area contributed by atoms with Gasteiger partial charge in [0.25, 0.3) is 0 Å². The molecule has 1 aromatic heterocycles. The Hall–Kier alpha value is -0.870. The molecule has 0 amide bonds. The van der Waals surface area contributed by atoms with Gasteiger partial charge in [-0.2, -0.15) is 0 Å². The summed E-state index contributed by atoms with van der Waals surface area (Å²) in [4.78, 5) is 4.04. The number of aromatic nitrogens is 2. The fourth-order valence-corrected chi connectivity index (χ4v) is 2.69. The van der Waals surface area contributed by atoms with E-state index in [2.05, 4.69) is 14.9 Å². The zero-order valence-electron chi connectivity index (χ0n) is 10.2. The Labute approximate surface area is 102 Å². The number of nitrogens with zero attached hydrogens (tertiary/aromatic N) is 2. The van der Waals surface area contributed by atoms with Crippen LogP contribution in [-0.4, -0.2) is 34.8 Å². The van der Waals surface area contributed by atoms with E-state index in [9.17, 15) is 0 Å². The minimum absolute atomic E-state index is 0.503. The van der Waals surface area contributed by atoms with E-state index in [0.717, 1.165) is 32.0 Å². The molecule has 3 rings (SSSR count). The van der Waals surface area contributed by atoms with Crippen molar-refractivity contribution < 1.29 is 4.74 Å². The third-order valence-corrected chi connectivity index (χ3v) is 3.78. The van der Waals surface area contributed by atoms with E-state index < -0.39 is 0 Å². The summed E-state index contributed by atoms with van der Waals surface area (Å²) < 4.78 is 7.94. The van der Waals surface area contributed by atoms with Crippen LogP contribution in [0.15, 0.2) is 18.7 Å². The van der Waals surface area contributed by atoms with Gasteiger partial charge in [-0.3, -0.25) is 0 Å². The molecule has 4 heteroatoms. The van der Waals surface area contributed by atoms with E-state index in [0.29, 0.717) is 12.1 Å². The van der Waals surface area contributed by atoms with Crippen molar-refractivity contribution in [2.45, 2.75) is 44.4 Å². The highest BCUT2D eigenvalue weighted by Gasteiger charge is 2.40. The Morgan fingerprint density at radius 3 is 3.06 bits per heavy atom. The van der Waals surface area contributed by atoms with Gasteiger partial charge in [0.05, 0.1) is 12.4 Å². The molecule has 1 saturated carbocycles. The van der Waals surface area contributed by atoms with Crippen molar-refractivity contribution in [3.63, 3.8) is 0 Å². The highest BCUT2D eigenvalue weighted by molar-refractivity contribution is 4.93. The third-order valence-electron chi connectivity index (χ3n) is 3.78. The lowest BCUT2D eigenvalue weighted by Gasteiger charge is -2.19. The van der Waals surface area contributed by atoms with Crippen LogP contribution in [0.1, 0.15) is 25.7 Å². The Balaban J connectivity index is 1.36. The van der Waals surface area contributed by atoms with E-state index in [1.165, 1.54) is 19.3 Å². The van der Waals surface area contributed by atoms with Crippen LogP contribution in [0.4, 0.5) is 0 Å². The lowest BCUT2D eigenvalue weighted by Crippen LogP contribution is -2.38. The first kappa shape index (κ1) is 11.2. The first-order chi connectivity index (χ1) is 8.43. The monoisotopic (exact) mass is 235 g/mol. The van der Waals surface area contributed by atoms with Crippen LogP contribution in [0.25, 0.3) is 0 Å². The average molecular weight is 235 g/mol. The van der Waals surface area contributed by atoms with Crippen molar-refractivity contribution >= 4 is 0 Å². The van der Waals surface area contributed by atoms with Gasteiger partial charge in [0.15, 0.2) is 0 Å². The summed E-state index contributed by atoms with van der Waals surface area (Å²) >= 11 is 0. The minimum Gasteiger partial charge on any atom is -0.376 e. The number of hydrogen-bond acceptors (Lipinski definition) is 3. The number of imidazole rings is 1. The molecule has 2 fully saturated rings. The van der Waals surface area contributed by atoms with Crippen molar-refractivity contribution in [3.8, 4) is 0 Å². The van der Waals surface area contributed by atoms with Crippen molar-refractivity contribution in [2.75, 3.05) is 13.2 Å². The summed E-state index contributed by atoms with van der Waals surface area (Å²) in [5.41, 5.74) is 0. The van der Waals surface area contributed by atoms with Crippen LogP contribution in [0.5, 0.6) is 0 Å². The molecule has 2 aliphatic rings. The largest absolute Gasteiger partial charge is 0.376 e. The number of hydrogen-bond donors (Lipinski definition) is 1. The second-order valence-electron chi connectivity index (χ2n) is 5.18. The molecule has 2 heterocycles. The van der Waals surface area contributed by atoms with Crippen molar-refractivity contribution in [1.82, 2.24) is 14.9 Å². The topological polar surface area (TPSA) is 39.1 Å². The summed E-state index contributed by atoms with van der Waals surface area (Å²) in [6, 6.07) is 0.602. The van der Waals surface area contributed by atoms with Crippen molar-refractivity contribution in [3.05, 3.63) is 18.7 Å². The maximum absolute atomic E-state index is 5.81. The van der Waals surface area contributed by atoms with Crippen LogP contribution in [-0.2, 0) is 11.3 Å². The SMILES string of the molecule is c1cn(CCCNC2CCOC2C2CC2)cn1. The van der Waals surface area contributed by atoms with Gasteiger partial charge in [0, 0.05) is 31.6 Å². The standard InChI is InChI=1S/C13H21N3O/c1(7-16-8-6-14-10-16)5-15-12-4-9-17-13(12)11-2-3-11/h6,8,10-13,15H,1-5,7,9H2. The van der Waals surface area contributed by atoms with Crippen LogP contribution in [0, 0.1) is 5.92 Å². The molecule has 1 saturated heterocycles. The zero-order chi connectivity index (χ0) is 11.5. The van der Waals surface area contributed by atoms with Gasteiger partial charge >= 0.3 is 0 Å². The molecule has 0 aromatic carbocycles. The van der Waals surface area contributed by atoms with Crippen LogP contribution in [0.2, 0.25) is 0 Å². The van der Waals surface area contributed by atoms with Gasteiger partial charge in [-0.05, 0) is 38.1 Å². The lowest BCUT2D eigenvalue weighted by atomic mass is 10.1. The summed E-state index contributed by atoms with van der Waals surface area (Å²) in [5.74, 6) is 0.851. The average Bonchev–Trinajstić information content (AvgIpc) is 2.89. The molecular weight excluding hydrogens is 214 g/mol. The van der Waals surface area contributed by atoms with Gasteiger partial charge in [-0.15, -0.1) is 0 Å². The van der Waals surface area contributed by atoms with Crippen molar-refractivity contribution in [2.24, 2.45) is 5.92 Å². The number of aryl methyl sites for hydroxylation is 1. The molecule has 2 atom stereocenters. The van der Waals surface area contributed by atoms with Crippen LogP contribution >= 0.6 is 0 Å². The van der Waals surface area contributed by atoms with E-state index >= 15 is 0 Å². The Morgan fingerprint density at radius 1 is 1.35 bits per heavy atom. The quantitative estimate of drug-likeness (QED) is 0.758. The summed E-state index contributed by atoms with van der Waals surface area (Å²) in [6.45, 7) is 3.07. The third kappa shape index (κ3) is 2.87. The summed E-state index contributed by atoms with van der Waals surface area (Å²) in [5, 5.41) is 3.66. The second kappa shape index (κ2) is 5.19.